The lowest BCUT2D eigenvalue weighted by molar-refractivity contribution is -0.140. The fraction of sp³-hybridized carbons (Fsp3) is 0.297. The molecular weight excluding hydrogens is 598 g/mol. The fourth-order valence-corrected chi connectivity index (χ4v) is 7.39. The van der Waals surface area contributed by atoms with E-state index in [1.54, 1.807) is 42.5 Å². The van der Waals surface area contributed by atoms with Crippen LogP contribution in [0.5, 0.6) is 5.75 Å². The highest BCUT2D eigenvalue weighted by atomic mass is 32.2. The van der Waals surface area contributed by atoms with E-state index < -0.39 is 28.5 Å². The maximum absolute atomic E-state index is 14.6. The van der Waals surface area contributed by atoms with Crippen molar-refractivity contribution in [3.05, 3.63) is 126 Å². The number of amides is 2. The van der Waals surface area contributed by atoms with E-state index >= 15 is 0 Å². The maximum atomic E-state index is 14.6. The first kappa shape index (κ1) is 32.8. The molecule has 0 radical (unpaired) electrons. The quantitative estimate of drug-likeness (QED) is 0.194. The number of benzene rings is 4. The van der Waals surface area contributed by atoms with E-state index in [9.17, 15) is 18.0 Å². The van der Waals surface area contributed by atoms with Gasteiger partial charge in [-0.3, -0.25) is 13.9 Å². The van der Waals surface area contributed by atoms with Gasteiger partial charge in [0.05, 0.1) is 17.7 Å². The van der Waals surface area contributed by atoms with E-state index in [1.807, 2.05) is 60.7 Å². The van der Waals surface area contributed by atoms with Crippen LogP contribution in [-0.2, 0) is 32.6 Å². The Morgan fingerprint density at radius 1 is 0.783 bits per heavy atom. The second-order valence-corrected chi connectivity index (χ2v) is 13.4. The first-order valence-electron chi connectivity index (χ1n) is 15.8. The van der Waals surface area contributed by atoms with Crippen molar-refractivity contribution in [1.82, 2.24) is 10.2 Å². The highest BCUT2D eigenvalue weighted by Gasteiger charge is 2.36. The summed E-state index contributed by atoms with van der Waals surface area (Å²) in [6.45, 7) is -0.410. The molecule has 0 saturated heterocycles. The summed E-state index contributed by atoms with van der Waals surface area (Å²) >= 11 is 0. The predicted molar refractivity (Wildman–Crippen MR) is 180 cm³/mol. The fourth-order valence-electron chi connectivity index (χ4n) is 5.95. The number of carbonyl (C=O) groups is 2. The smallest absolute Gasteiger partial charge is 0.264 e. The molecule has 240 valence electrons. The van der Waals surface area contributed by atoms with Crippen LogP contribution in [0.1, 0.15) is 43.2 Å². The van der Waals surface area contributed by atoms with Crippen LogP contribution in [0, 0.1) is 0 Å². The molecule has 5 rings (SSSR count). The number of para-hydroxylation sites is 2. The molecule has 8 nitrogen and oxygen atoms in total. The van der Waals surface area contributed by atoms with E-state index in [0.29, 0.717) is 5.75 Å². The molecule has 2 amide bonds. The first-order chi connectivity index (χ1) is 22.4. The minimum Gasteiger partial charge on any atom is -0.495 e. The van der Waals surface area contributed by atoms with Gasteiger partial charge in [-0.25, -0.2) is 8.42 Å². The Hall–Kier alpha value is -4.63. The van der Waals surface area contributed by atoms with E-state index in [0.717, 1.165) is 47.5 Å². The number of nitrogens with zero attached hydrogens (tertiary/aromatic N) is 2. The predicted octanol–water partition coefficient (Wildman–Crippen LogP) is 5.98. The van der Waals surface area contributed by atoms with Crippen molar-refractivity contribution in [2.45, 2.75) is 62.0 Å². The zero-order valence-corrected chi connectivity index (χ0v) is 26.9. The van der Waals surface area contributed by atoms with Crippen LogP contribution in [0.3, 0.4) is 0 Å². The molecule has 46 heavy (non-hydrogen) atoms. The van der Waals surface area contributed by atoms with Crippen molar-refractivity contribution in [2.75, 3.05) is 18.0 Å². The molecule has 0 spiro atoms. The number of carbonyl (C=O) groups excluding carboxylic acids is 2. The van der Waals surface area contributed by atoms with Gasteiger partial charge in [-0.05, 0) is 48.2 Å². The summed E-state index contributed by atoms with van der Waals surface area (Å²) in [4.78, 5) is 30.4. The Kier molecular flexibility index (Phi) is 11.1. The number of methoxy groups -OCH3 is 1. The average molecular weight is 640 g/mol. The van der Waals surface area contributed by atoms with Crippen LogP contribution < -0.4 is 14.4 Å². The third-order valence-electron chi connectivity index (χ3n) is 8.38. The molecule has 1 fully saturated rings. The highest BCUT2D eigenvalue weighted by Crippen LogP contribution is 2.32. The minimum absolute atomic E-state index is 0.0386. The lowest BCUT2D eigenvalue weighted by Crippen LogP contribution is -2.55. The average Bonchev–Trinajstić information content (AvgIpc) is 3.10. The zero-order chi connectivity index (χ0) is 32.4. The van der Waals surface area contributed by atoms with Gasteiger partial charge in [0.15, 0.2) is 0 Å². The van der Waals surface area contributed by atoms with Gasteiger partial charge in [0.2, 0.25) is 11.8 Å². The number of hydrogen-bond donors (Lipinski definition) is 1. The number of hydrogen-bond acceptors (Lipinski definition) is 5. The lowest BCUT2D eigenvalue weighted by Gasteiger charge is -2.35. The number of rotatable bonds is 13. The molecule has 1 saturated carbocycles. The maximum Gasteiger partial charge on any atom is 0.264 e. The van der Waals surface area contributed by atoms with Crippen LogP contribution >= 0.6 is 0 Å². The molecule has 0 bridgehead atoms. The summed E-state index contributed by atoms with van der Waals surface area (Å²) in [5.74, 6) is -0.441. The van der Waals surface area contributed by atoms with Gasteiger partial charge >= 0.3 is 0 Å². The standard InChI is InChI=1S/C37H41N3O5S/c1-45-35-25-15-14-24-33(35)40(46(43,44)32-22-12-5-13-23-32)28-36(41)39(27-30-18-8-3-9-19-30)34(26-29-16-6-2-7-17-29)37(42)38-31-20-10-4-11-21-31/h2-3,5-9,12-19,22-25,31,34H,4,10-11,20-21,26-28H2,1H3,(H,38,42)/t34-/m1/s1. The third kappa shape index (κ3) is 8.14. The molecule has 4 aromatic carbocycles. The summed E-state index contributed by atoms with van der Waals surface area (Å²) in [7, 11) is -2.75. The Bertz CT molecular complexity index is 1680. The van der Waals surface area contributed by atoms with Crippen molar-refractivity contribution in [3.63, 3.8) is 0 Å². The normalized spacial score (nSPS) is 14.2. The van der Waals surface area contributed by atoms with Gasteiger partial charge in [0, 0.05) is 19.0 Å². The van der Waals surface area contributed by atoms with E-state index in [2.05, 4.69) is 5.32 Å². The Labute approximate surface area is 272 Å². The van der Waals surface area contributed by atoms with Crippen LogP contribution in [0.25, 0.3) is 0 Å². The Morgan fingerprint density at radius 2 is 1.35 bits per heavy atom. The molecule has 1 atom stereocenters. The molecule has 0 heterocycles. The highest BCUT2D eigenvalue weighted by molar-refractivity contribution is 7.92. The van der Waals surface area contributed by atoms with Crippen molar-refractivity contribution >= 4 is 27.5 Å². The van der Waals surface area contributed by atoms with E-state index in [-0.39, 0.29) is 35.5 Å². The molecule has 1 aliphatic rings. The van der Waals surface area contributed by atoms with Gasteiger partial charge in [-0.1, -0.05) is 110 Å². The molecule has 1 aliphatic carbocycles. The van der Waals surface area contributed by atoms with Crippen LogP contribution in [-0.4, -0.2) is 50.9 Å². The van der Waals surface area contributed by atoms with E-state index in [1.165, 1.54) is 24.1 Å². The Morgan fingerprint density at radius 3 is 1.98 bits per heavy atom. The SMILES string of the molecule is COc1ccccc1N(CC(=O)N(Cc1ccccc1)[C@H](Cc1ccccc1)C(=O)NC1CCCCC1)S(=O)(=O)c1ccccc1. The first-order valence-corrected chi connectivity index (χ1v) is 17.2. The van der Waals surface area contributed by atoms with Gasteiger partial charge in [-0.15, -0.1) is 0 Å². The summed E-state index contributed by atoms with van der Waals surface area (Å²) in [5.41, 5.74) is 1.96. The second kappa shape index (κ2) is 15.6. The molecule has 9 heteroatoms. The second-order valence-electron chi connectivity index (χ2n) is 11.6. The summed E-state index contributed by atoms with van der Waals surface area (Å²) in [6, 6.07) is 32.9. The molecular formula is C37H41N3O5S. The topological polar surface area (TPSA) is 96.0 Å². The van der Waals surface area contributed by atoms with Gasteiger partial charge < -0.3 is 15.0 Å². The number of ether oxygens (including phenoxy) is 1. The molecule has 0 aromatic heterocycles. The summed E-state index contributed by atoms with van der Waals surface area (Å²) in [5, 5.41) is 3.24. The summed E-state index contributed by atoms with van der Waals surface area (Å²) in [6.07, 6.45) is 5.31. The Balaban J connectivity index is 1.56. The van der Waals surface area contributed by atoms with Crippen molar-refractivity contribution in [2.24, 2.45) is 0 Å². The van der Waals surface area contributed by atoms with E-state index in [4.69, 9.17) is 4.74 Å². The number of nitrogens with one attached hydrogen (secondary N) is 1. The van der Waals surface area contributed by atoms with Crippen molar-refractivity contribution in [1.29, 1.82) is 0 Å². The van der Waals surface area contributed by atoms with Crippen LogP contribution in [0.2, 0.25) is 0 Å². The monoisotopic (exact) mass is 639 g/mol. The summed E-state index contributed by atoms with van der Waals surface area (Å²) < 4.78 is 35.0. The number of anilines is 1. The van der Waals surface area contributed by atoms with Gasteiger partial charge in [-0.2, -0.15) is 0 Å². The zero-order valence-electron chi connectivity index (χ0n) is 26.1. The van der Waals surface area contributed by atoms with Gasteiger partial charge in [0.1, 0.15) is 18.3 Å². The van der Waals surface area contributed by atoms with Crippen molar-refractivity contribution in [3.8, 4) is 5.75 Å². The largest absolute Gasteiger partial charge is 0.495 e. The van der Waals surface area contributed by atoms with Crippen LogP contribution in [0.4, 0.5) is 5.69 Å². The van der Waals surface area contributed by atoms with Crippen LogP contribution in [0.15, 0.2) is 120 Å². The molecule has 1 N–H and O–H groups in total. The number of sulfonamides is 1. The van der Waals surface area contributed by atoms with Crippen molar-refractivity contribution < 1.29 is 22.7 Å². The molecule has 0 unspecified atom stereocenters. The third-order valence-corrected chi connectivity index (χ3v) is 10.2. The van der Waals surface area contributed by atoms with Gasteiger partial charge in [0.25, 0.3) is 10.0 Å². The minimum atomic E-state index is -4.21. The lowest BCUT2D eigenvalue weighted by atomic mass is 9.94. The molecule has 4 aromatic rings. The molecule has 0 aliphatic heterocycles.